The first-order valence-electron chi connectivity index (χ1n) is 10.6. The van der Waals surface area contributed by atoms with Crippen molar-refractivity contribution >= 4 is 12.0 Å². The van der Waals surface area contributed by atoms with E-state index < -0.39 is 5.41 Å². The summed E-state index contributed by atoms with van der Waals surface area (Å²) in [6.07, 6.45) is 2.19. The van der Waals surface area contributed by atoms with Crippen LogP contribution in [-0.4, -0.2) is 10.8 Å². The Morgan fingerprint density at radius 1 is 0.903 bits per heavy atom. The van der Waals surface area contributed by atoms with Gasteiger partial charge in [-0.25, -0.2) is 0 Å². The van der Waals surface area contributed by atoms with E-state index in [1.54, 1.807) is 0 Å². The van der Waals surface area contributed by atoms with Gasteiger partial charge < -0.3 is 10.6 Å². The number of primary amides is 1. The Balaban J connectivity index is 1.94. The van der Waals surface area contributed by atoms with Crippen molar-refractivity contribution in [2.45, 2.75) is 32.7 Å². The molecule has 0 spiro atoms. The SMILES string of the molecule is CC1=C(C(N)=O)C(C)(c2ccccc2)/C(=C/c2ccc(C)cc2)N1Cc1ccccc1. The maximum atomic E-state index is 12.8. The van der Waals surface area contributed by atoms with Gasteiger partial charge in [0.05, 0.1) is 11.0 Å². The Bertz CT molecular complexity index is 1140. The van der Waals surface area contributed by atoms with Crippen molar-refractivity contribution < 1.29 is 4.79 Å². The maximum Gasteiger partial charge on any atom is 0.247 e. The molecule has 1 heterocycles. The van der Waals surface area contributed by atoms with Gasteiger partial charge in [-0.2, -0.15) is 0 Å². The van der Waals surface area contributed by atoms with E-state index in [9.17, 15) is 4.79 Å². The minimum atomic E-state index is -0.642. The molecule has 1 atom stereocenters. The molecule has 0 radical (unpaired) electrons. The van der Waals surface area contributed by atoms with E-state index in [1.165, 1.54) is 11.1 Å². The molecule has 0 aromatic heterocycles. The number of rotatable bonds is 5. The molecule has 0 fully saturated rings. The number of carbonyl (C=O) groups excluding carboxylic acids is 1. The van der Waals surface area contributed by atoms with Crippen LogP contribution in [-0.2, 0) is 16.8 Å². The Labute approximate surface area is 184 Å². The molecule has 3 aromatic carbocycles. The van der Waals surface area contributed by atoms with Gasteiger partial charge in [0.2, 0.25) is 5.91 Å². The first-order valence-corrected chi connectivity index (χ1v) is 10.6. The zero-order valence-electron chi connectivity index (χ0n) is 18.3. The van der Waals surface area contributed by atoms with Crippen LogP contribution in [0.3, 0.4) is 0 Å². The molecule has 0 bridgehead atoms. The van der Waals surface area contributed by atoms with Gasteiger partial charge in [-0.3, -0.25) is 4.79 Å². The molecule has 3 aromatic rings. The molecule has 0 saturated carbocycles. The van der Waals surface area contributed by atoms with Crippen molar-refractivity contribution in [2.24, 2.45) is 5.73 Å². The molecule has 4 rings (SSSR count). The highest BCUT2D eigenvalue weighted by molar-refractivity contribution is 5.98. The third-order valence-corrected chi connectivity index (χ3v) is 6.23. The van der Waals surface area contributed by atoms with Crippen molar-refractivity contribution in [3.63, 3.8) is 0 Å². The molecule has 3 nitrogen and oxygen atoms in total. The highest BCUT2D eigenvalue weighted by Gasteiger charge is 2.47. The molecule has 2 N–H and O–H groups in total. The van der Waals surface area contributed by atoms with Crippen LogP contribution in [0.2, 0.25) is 0 Å². The van der Waals surface area contributed by atoms with E-state index in [4.69, 9.17) is 5.73 Å². The second-order valence-corrected chi connectivity index (χ2v) is 8.33. The summed E-state index contributed by atoms with van der Waals surface area (Å²) < 4.78 is 0. The molecular weight excluding hydrogens is 380 g/mol. The van der Waals surface area contributed by atoms with Crippen LogP contribution < -0.4 is 5.73 Å². The van der Waals surface area contributed by atoms with Gasteiger partial charge in [0.25, 0.3) is 0 Å². The van der Waals surface area contributed by atoms with E-state index in [-0.39, 0.29) is 5.91 Å². The predicted molar refractivity (Wildman–Crippen MR) is 127 cm³/mol. The molecule has 1 unspecified atom stereocenters. The summed E-state index contributed by atoms with van der Waals surface area (Å²) in [5.74, 6) is -0.380. The molecule has 156 valence electrons. The molecular formula is C28H28N2O. The smallest absolute Gasteiger partial charge is 0.247 e. The zero-order valence-corrected chi connectivity index (χ0v) is 18.3. The monoisotopic (exact) mass is 408 g/mol. The van der Waals surface area contributed by atoms with Crippen molar-refractivity contribution in [2.75, 3.05) is 0 Å². The van der Waals surface area contributed by atoms with Crippen LogP contribution in [0.5, 0.6) is 0 Å². The molecule has 0 saturated heterocycles. The topological polar surface area (TPSA) is 46.3 Å². The van der Waals surface area contributed by atoms with Gasteiger partial charge in [0.15, 0.2) is 0 Å². The largest absolute Gasteiger partial charge is 0.366 e. The summed E-state index contributed by atoms with van der Waals surface area (Å²) in [7, 11) is 0. The molecule has 1 amide bonds. The summed E-state index contributed by atoms with van der Waals surface area (Å²) >= 11 is 0. The Morgan fingerprint density at radius 3 is 2.06 bits per heavy atom. The van der Waals surface area contributed by atoms with Gasteiger partial charge in [-0.05, 0) is 43.5 Å². The van der Waals surface area contributed by atoms with Crippen LogP contribution >= 0.6 is 0 Å². The second-order valence-electron chi connectivity index (χ2n) is 8.33. The lowest BCUT2D eigenvalue weighted by atomic mass is 9.74. The number of aryl methyl sites for hydroxylation is 1. The first-order chi connectivity index (χ1) is 14.9. The van der Waals surface area contributed by atoms with Crippen molar-refractivity contribution in [1.82, 2.24) is 4.90 Å². The van der Waals surface area contributed by atoms with Crippen LogP contribution in [0, 0.1) is 6.92 Å². The first kappa shape index (κ1) is 20.7. The lowest BCUT2D eigenvalue weighted by molar-refractivity contribution is -0.115. The Kier molecular flexibility index (Phi) is 5.51. The van der Waals surface area contributed by atoms with Crippen molar-refractivity contribution in [3.8, 4) is 0 Å². The van der Waals surface area contributed by atoms with Gasteiger partial charge in [0, 0.05) is 17.9 Å². The van der Waals surface area contributed by atoms with Crippen molar-refractivity contribution in [1.29, 1.82) is 0 Å². The second kappa shape index (κ2) is 8.27. The summed E-state index contributed by atoms with van der Waals surface area (Å²) in [4.78, 5) is 15.0. The summed E-state index contributed by atoms with van der Waals surface area (Å²) in [5.41, 5.74) is 12.5. The highest BCUT2D eigenvalue weighted by atomic mass is 16.1. The van der Waals surface area contributed by atoms with E-state index in [0.29, 0.717) is 12.1 Å². The van der Waals surface area contributed by atoms with Crippen molar-refractivity contribution in [3.05, 3.63) is 124 Å². The molecule has 3 heteroatoms. The van der Waals surface area contributed by atoms with Crippen LogP contribution in [0.25, 0.3) is 6.08 Å². The quantitative estimate of drug-likeness (QED) is 0.600. The third kappa shape index (κ3) is 3.79. The predicted octanol–water partition coefficient (Wildman–Crippen LogP) is 5.57. The van der Waals surface area contributed by atoms with Gasteiger partial charge in [-0.15, -0.1) is 0 Å². The number of hydrogen-bond acceptors (Lipinski definition) is 2. The van der Waals surface area contributed by atoms with Crippen LogP contribution in [0.1, 0.15) is 36.1 Å². The molecule has 31 heavy (non-hydrogen) atoms. The van der Waals surface area contributed by atoms with Gasteiger partial charge >= 0.3 is 0 Å². The number of nitrogens with zero attached hydrogens (tertiary/aromatic N) is 1. The number of carbonyl (C=O) groups is 1. The fourth-order valence-corrected chi connectivity index (χ4v) is 4.58. The van der Waals surface area contributed by atoms with E-state index in [0.717, 1.165) is 22.5 Å². The minimum absolute atomic E-state index is 0.380. The number of hydrogen-bond donors (Lipinski definition) is 1. The zero-order chi connectivity index (χ0) is 22.0. The average Bonchev–Trinajstić information content (AvgIpc) is 2.98. The molecule has 0 aliphatic carbocycles. The van der Waals surface area contributed by atoms with Crippen LogP contribution in [0.4, 0.5) is 0 Å². The number of nitrogens with two attached hydrogens (primary N) is 1. The average molecular weight is 409 g/mol. The highest BCUT2D eigenvalue weighted by Crippen LogP contribution is 2.50. The number of allylic oxidation sites excluding steroid dienone is 2. The number of benzene rings is 3. The maximum absolute atomic E-state index is 12.8. The standard InChI is InChI=1S/C28H28N2O/c1-20-14-16-22(17-15-20)18-25-28(3,24-12-8-5-9-13-24)26(27(29)31)21(2)30(25)19-23-10-6-4-7-11-23/h4-18H,19H2,1-3H3,(H2,29,31)/b25-18-. The minimum Gasteiger partial charge on any atom is -0.366 e. The Hall–Kier alpha value is -3.59. The fraction of sp³-hybridized carbons (Fsp3) is 0.179. The third-order valence-electron chi connectivity index (χ3n) is 6.23. The Morgan fingerprint density at radius 2 is 1.48 bits per heavy atom. The van der Waals surface area contributed by atoms with E-state index in [2.05, 4.69) is 73.4 Å². The van der Waals surface area contributed by atoms with E-state index in [1.807, 2.05) is 43.3 Å². The van der Waals surface area contributed by atoms with Gasteiger partial charge in [-0.1, -0.05) is 90.5 Å². The molecule has 1 aliphatic heterocycles. The normalized spacial score (nSPS) is 19.8. The van der Waals surface area contributed by atoms with Crippen LogP contribution in [0.15, 0.2) is 102 Å². The lowest BCUT2D eigenvalue weighted by Crippen LogP contribution is -2.33. The fourth-order valence-electron chi connectivity index (χ4n) is 4.58. The summed E-state index contributed by atoms with van der Waals surface area (Å²) in [5, 5.41) is 0. The summed E-state index contributed by atoms with van der Waals surface area (Å²) in [6.45, 7) is 6.86. The summed E-state index contributed by atoms with van der Waals surface area (Å²) in [6, 6.07) is 28.9. The molecule has 1 aliphatic rings. The van der Waals surface area contributed by atoms with E-state index >= 15 is 0 Å². The van der Waals surface area contributed by atoms with Gasteiger partial charge in [0.1, 0.15) is 0 Å². The number of amides is 1. The lowest BCUT2D eigenvalue weighted by Gasteiger charge is -2.33.